The molecule has 1 heterocycles. The third-order valence-electron chi connectivity index (χ3n) is 4.93. The molecule has 1 aromatic heterocycles. The quantitative estimate of drug-likeness (QED) is 0.737. The van der Waals surface area contributed by atoms with Gasteiger partial charge in [-0.05, 0) is 56.8 Å². The number of pyridine rings is 1. The molecule has 5 nitrogen and oxygen atoms in total. The van der Waals surface area contributed by atoms with E-state index in [-0.39, 0.29) is 12.5 Å². The highest BCUT2D eigenvalue weighted by Gasteiger charge is 2.49. The molecule has 0 aliphatic heterocycles. The fraction of sp³-hybridized carbons (Fsp3) is 0.400. The van der Waals surface area contributed by atoms with Crippen molar-refractivity contribution >= 4 is 17.6 Å². The lowest BCUT2D eigenvalue weighted by molar-refractivity contribution is -0.150. The predicted octanol–water partition coefficient (Wildman–Crippen LogP) is 3.52. The number of rotatable bonds is 8. The molecule has 1 aromatic carbocycles. The van der Waals surface area contributed by atoms with E-state index in [9.17, 15) is 15.0 Å². The lowest BCUT2D eigenvalue weighted by atomic mass is 9.69. The minimum atomic E-state index is -1.54. The summed E-state index contributed by atoms with van der Waals surface area (Å²) >= 11 is 5.99. The van der Waals surface area contributed by atoms with Crippen LogP contribution in [0.25, 0.3) is 0 Å². The molecule has 2 aromatic rings. The van der Waals surface area contributed by atoms with Crippen LogP contribution in [0.5, 0.6) is 0 Å². The van der Waals surface area contributed by atoms with Crippen molar-refractivity contribution in [3.05, 3.63) is 64.9 Å². The predicted molar refractivity (Wildman–Crippen MR) is 102 cm³/mol. The molecular weight excluding hydrogens is 352 g/mol. The van der Waals surface area contributed by atoms with E-state index in [1.165, 1.54) is 0 Å². The number of nitrogens with zero attached hydrogens (tertiary/aromatic N) is 2. The minimum absolute atomic E-state index is 0.0276. The van der Waals surface area contributed by atoms with Crippen molar-refractivity contribution in [2.75, 3.05) is 14.1 Å². The molecule has 3 atom stereocenters. The van der Waals surface area contributed by atoms with Gasteiger partial charge >= 0.3 is 5.97 Å². The summed E-state index contributed by atoms with van der Waals surface area (Å²) in [6, 6.07) is 11.7. The number of hydrogen-bond donors (Lipinski definition) is 2. The normalized spacial score (nSPS) is 16.1. The van der Waals surface area contributed by atoms with Crippen LogP contribution in [0, 0.1) is 0 Å². The zero-order chi connectivity index (χ0) is 19.3. The lowest BCUT2D eigenvalue weighted by Gasteiger charge is -2.38. The number of hydrogen-bond acceptors (Lipinski definition) is 4. The van der Waals surface area contributed by atoms with Crippen LogP contribution in [0.4, 0.5) is 0 Å². The second kappa shape index (κ2) is 8.62. The topological polar surface area (TPSA) is 73.7 Å². The van der Waals surface area contributed by atoms with E-state index in [1.54, 1.807) is 48.7 Å². The van der Waals surface area contributed by atoms with Gasteiger partial charge in [0.25, 0.3) is 0 Å². The number of aliphatic hydroxyl groups excluding tert-OH is 1. The van der Waals surface area contributed by atoms with Gasteiger partial charge in [0, 0.05) is 17.3 Å². The molecule has 0 amide bonds. The van der Waals surface area contributed by atoms with Gasteiger partial charge < -0.3 is 15.1 Å². The average molecular weight is 377 g/mol. The highest BCUT2D eigenvalue weighted by Crippen LogP contribution is 2.42. The molecule has 2 N–H and O–H groups in total. The molecule has 0 bridgehead atoms. The second-order valence-corrected chi connectivity index (χ2v) is 7.11. The van der Waals surface area contributed by atoms with Gasteiger partial charge in [-0.3, -0.25) is 9.78 Å². The van der Waals surface area contributed by atoms with Crippen LogP contribution in [0.1, 0.15) is 37.1 Å². The number of carboxylic acids is 1. The summed E-state index contributed by atoms with van der Waals surface area (Å²) in [6.45, 7) is 2.01. The van der Waals surface area contributed by atoms with Crippen LogP contribution < -0.4 is 0 Å². The molecule has 6 heteroatoms. The number of halogens is 1. The molecule has 0 fully saturated rings. The molecule has 140 valence electrons. The maximum absolute atomic E-state index is 12.6. The van der Waals surface area contributed by atoms with Gasteiger partial charge in [-0.25, -0.2) is 0 Å². The Morgan fingerprint density at radius 3 is 2.35 bits per heavy atom. The van der Waals surface area contributed by atoms with Crippen molar-refractivity contribution < 1.29 is 15.0 Å². The van der Waals surface area contributed by atoms with Crippen molar-refractivity contribution in [1.29, 1.82) is 0 Å². The van der Waals surface area contributed by atoms with Crippen molar-refractivity contribution in [1.82, 2.24) is 9.88 Å². The zero-order valence-electron chi connectivity index (χ0n) is 15.3. The van der Waals surface area contributed by atoms with E-state index < -0.39 is 17.5 Å². The number of aliphatic hydroxyl groups is 1. The van der Waals surface area contributed by atoms with Crippen LogP contribution in [0.3, 0.4) is 0 Å². The Balaban J connectivity index is 2.64. The summed E-state index contributed by atoms with van der Waals surface area (Å²) in [5.74, 6) is -1.08. The van der Waals surface area contributed by atoms with Gasteiger partial charge in [0.15, 0.2) is 0 Å². The van der Waals surface area contributed by atoms with Crippen molar-refractivity contribution in [3.63, 3.8) is 0 Å². The first kappa shape index (κ1) is 20.4. The fourth-order valence-corrected chi connectivity index (χ4v) is 3.44. The lowest BCUT2D eigenvalue weighted by Crippen LogP contribution is -2.47. The number of aromatic nitrogens is 1. The minimum Gasteiger partial charge on any atom is -0.480 e. The Hall–Kier alpha value is -1.95. The van der Waals surface area contributed by atoms with Gasteiger partial charge in [0.1, 0.15) is 11.5 Å². The number of carboxylic acid groups (broad SMARTS) is 1. The third-order valence-corrected chi connectivity index (χ3v) is 5.19. The first-order valence-electron chi connectivity index (χ1n) is 8.57. The Bertz CT molecular complexity index is 722. The van der Waals surface area contributed by atoms with Crippen molar-refractivity contribution in [3.8, 4) is 0 Å². The van der Waals surface area contributed by atoms with Crippen LogP contribution in [-0.4, -0.2) is 46.2 Å². The van der Waals surface area contributed by atoms with Gasteiger partial charge in [-0.1, -0.05) is 36.7 Å². The number of aliphatic carboxylic acids is 1. The molecule has 2 rings (SSSR count). The maximum Gasteiger partial charge on any atom is 0.317 e. The second-order valence-electron chi connectivity index (χ2n) is 6.67. The fourth-order valence-electron chi connectivity index (χ4n) is 3.32. The van der Waals surface area contributed by atoms with Crippen molar-refractivity contribution in [2.45, 2.75) is 37.3 Å². The SMILES string of the molecule is CCC(CC(C(=O)O)(c1ccc(Cl)cc1)C(O)c1ccccn1)N(C)C. The highest BCUT2D eigenvalue weighted by molar-refractivity contribution is 6.30. The Morgan fingerprint density at radius 1 is 1.23 bits per heavy atom. The first-order chi connectivity index (χ1) is 12.3. The smallest absolute Gasteiger partial charge is 0.317 e. The molecular formula is C20H25ClN2O3. The molecule has 0 saturated heterocycles. The molecule has 0 aliphatic rings. The van der Waals surface area contributed by atoms with Gasteiger partial charge in [0.2, 0.25) is 0 Å². The van der Waals surface area contributed by atoms with Gasteiger partial charge in [-0.2, -0.15) is 0 Å². The van der Waals surface area contributed by atoms with Crippen molar-refractivity contribution in [2.24, 2.45) is 0 Å². The summed E-state index contributed by atoms with van der Waals surface area (Å²) in [5, 5.41) is 21.9. The maximum atomic E-state index is 12.6. The van der Waals surface area contributed by atoms with E-state index in [4.69, 9.17) is 11.6 Å². The summed E-state index contributed by atoms with van der Waals surface area (Å²) in [5.41, 5.74) is -0.699. The number of benzene rings is 1. The summed E-state index contributed by atoms with van der Waals surface area (Å²) in [6.07, 6.45) is 1.25. The number of carbonyl (C=O) groups is 1. The largest absolute Gasteiger partial charge is 0.480 e. The van der Waals surface area contributed by atoms with Crippen LogP contribution in [-0.2, 0) is 10.2 Å². The molecule has 0 spiro atoms. The summed E-state index contributed by atoms with van der Waals surface area (Å²) in [4.78, 5) is 18.7. The Morgan fingerprint density at radius 2 is 1.88 bits per heavy atom. The van der Waals surface area contributed by atoms with Crippen LogP contribution in [0.2, 0.25) is 5.02 Å². The highest BCUT2D eigenvalue weighted by atomic mass is 35.5. The Labute approximate surface area is 159 Å². The van der Waals surface area contributed by atoms with E-state index in [2.05, 4.69) is 4.98 Å². The molecule has 26 heavy (non-hydrogen) atoms. The summed E-state index contributed by atoms with van der Waals surface area (Å²) in [7, 11) is 3.82. The van der Waals surface area contributed by atoms with E-state index >= 15 is 0 Å². The standard InChI is InChI=1S/C20H25ClN2O3/c1-4-16(23(2)3)13-20(19(25)26,14-8-10-15(21)11-9-14)18(24)17-7-5-6-12-22-17/h5-12,16,18,24H,4,13H2,1-3H3,(H,25,26). The Kier molecular flexibility index (Phi) is 6.75. The van der Waals surface area contributed by atoms with Gasteiger partial charge in [-0.15, -0.1) is 0 Å². The van der Waals surface area contributed by atoms with Crippen LogP contribution >= 0.6 is 11.6 Å². The molecule has 0 aliphatic carbocycles. The third kappa shape index (κ3) is 4.06. The monoisotopic (exact) mass is 376 g/mol. The molecule has 0 radical (unpaired) electrons. The zero-order valence-corrected chi connectivity index (χ0v) is 16.0. The van der Waals surface area contributed by atoms with E-state index in [0.29, 0.717) is 16.3 Å². The van der Waals surface area contributed by atoms with Gasteiger partial charge in [0.05, 0.1) is 5.69 Å². The molecule has 3 unspecified atom stereocenters. The van der Waals surface area contributed by atoms with E-state index in [0.717, 1.165) is 6.42 Å². The molecule has 0 saturated carbocycles. The van der Waals surface area contributed by atoms with E-state index in [1.807, 2.05) is 25.9 Å². The summed E-state index contributed by atoms with van der Waals surface area (Å²) < 4.78 is 0. The van der Waals surface area contributed by atoms with Crippen LogP contribution in [0.15, 0.2) is 48.7 Å². The average Bonchev–Trinajstić information content (AvgIpc) is 2.63. The first-order valence-corrected chi connectivity index (χ1v) is 8.95.